The van der Waals surface area contributed by atoms with E-state index in [2.05, 4.69) is 23.5 Å². The predicted molar refractivity (Wildman–Crippen MR) is 103 cm³/mol. The van der Waals surface area contributed by atoms with Gasteiger partial charge in [0.2, 0.25) is 0 Å². The number of primary amides is 1. The third kappa shape index (κ3) is 5.97. The molecular weight excluding hydrogens is 354 g/mol. The van der Waals surface area contributed by atoms with Crippen molar-refractivity contribution in [3.8, 4) is 11.5 Å². The van der Waals surface area contributed by atoms with Gasteiger partial charge in [0, 0.05) is 17.0 Å². The van der Waals surface area contributed by atoms with Crippen molar-refractivity contribution in [2.75, 3.05) is 13.2 Å². The van der Waals surface area contributed by atoms with E-state index >= 15 is 0 Å². The molecule has 0 saturated carbocycles. The molecule has 138 valence electrons. The number of carbonyl (C=O) groups is 1. The number of hydrogen-bond acceptors (Lipinski definition) is 4. The number of nitrogens with zero attached hydrogens (tertiary/aromatic N) is 1. The fourth-order valence-electron chi connectivity index (χ4n) is 2.22. The van der Waals surface area contributed by atoms with E-state index in [1.54, 1.807) is 18.2 Å². The molecular formula is C19H22ClN3O3. The average molecular weight is 376 g/mol. The molecule has 0 aliphatic heterocycles. The minimum absolute atomic E-state index is 0.469. The van der Waals surface area contributed by atoms with Crippen LogP contribution in [0, 0.1) is 13.8 Å². The Kier molecular flexibility index (Phi) is 7.29. The molecule has 0 aromatic heterocycles. The second kappa shape index (κ2) is 9.68. The van der Waals surface area contributed by atoms with Gasteiger partial charge in [-0.05, 0) is 49.2 Å². The summed E-state index contributed by atoms with van der Waals surface area (Å²) in [7, 11) is 0. The van der Waals surface area contributed by atoms with Gasteiger partial charge in [-0.15, -0.1) is 0 Å². The van der Waals surface area contributed by atoms with E-state index in [0.717, 1.165) is 11.3 Å². The zero-order valence-corrected chi connectivity index (χ0v) is 15.5. The zero-order valence-electron chi connectivity index (χ0n) is 14.8. The van der Waals surface area contributed by atoms with E-state index in [0.29, 0.717) is 36.0 Å². The Bertz CT molecular complexity index is 794. The maximum atomic E-state index is 10.7. The number of nitrogens with two attached hydrogens (primary N) is 1. The molecule has 2 rings (SSSR count). The van der Waals surface area contributed by atoms with Crippen molar-refractivity contribution in [1.82, 2.24) is 5.43 Å². The summed E-state index contributed by atoms with van der Waals surface area (Å²) in [6, 6.07) is 10.4. The molecule has 0 aliphatic rings. The Morgan fingerprint density at radius 2 is 1.92 bits per heavy atom. The van der Waals surface area contributed by atoms with Gasteiger partial charge in [-0.25, -0.2) is 10.2 Å². The number of halogens is 1. The second-order valence-electron chi connectivity index (χ2n) is 5.66. The highest BCUT2D eigenvalue weighted by Crippen LogP contribution is 2.22. The Morgan fingerprint density at radius 3 is 2.65 bits per heavy atom. The lowest BCUT2D eigenvalue weighted by Gasteiger charge is -2.12. The van der Waals surface area contributed by atoms with Gasteiger partial charge in [0.05, 0.1) is 19.4 Å². The van der Waals surface area contributed by atoms with Crippen LogP contribution in [0.15, 0.2) is 41.5 Å². The lowest BCUT2D eigenvalue weighted by atomic mass is 10.1. The van der Waals surface area contributed by atoms with Gasteiger partial charge in [0.1, 0.15) is 11.5 Å². The molecule has 0 atom stereocenters. The number of rotatable bonds is 8. The molecule has 0 heterocycles. The number of hydrazone groups is 1. The van der Waals surface area contributed by atoms with Crippen LogP contribution in [-0.2, 0) is 0 Å². The fourth-order valence-corrected chi connectivity index (χ4v) is 2.40. The fraction of sp³-hybridized carbons (Fsp3) is 0.263. The third-order valence-electron chi connectivity index (χ3n) is 3.71. The van der Waals surface area contributed by atoms with Gasteiger partial charge in [-0.1, -0.05) is 23.7 Å². The topological polar surface area (TPSA) is 85.9 Å². The normalized spacial score (nSPS) is 10.7. The van der Waals surface area contributed by atoms with Gasteiger partial charge in [-0.2, -0.15) is 5.10 Å². The first kappa shape index (κ1) is 19.6. The smallest absolute Gasteiger partial charge is 0.332 e. The van der Waals surface area contributed by atoms with Gasteiger partial charge in [-0.3, -0.25) is 0 Å². The van der Waals surface area contributed by atoms with Crippen LogP contribution in [0.3, 0.4) is 0 Å². The maximum Gasteiger partial charge on any atom is 0.332 e. The van der Waals surface area contributed by atoms with Crippen LogP contribution < -0.4 is 20.6 Å². The van der Waals surface area contributed by atoms with Crippen LogP contribution >= 0.6 is 11.6 Å². The summed E-state index contributed by atoms with van der Waals surface area (Å²) in [4.78, 5) is 10.7. The number of aryl methyl sites for hydroxylation is 1. The first-order valence-electron chi connectivity index (χ1n) is 8.17. The number of nitrogens with one attached hydrogen (secondary N) is 1. The number of amides is 2. The first-order chi connectivity index (χ1) is 12.5. The van der Waals surface area contributed by atoms with Crippen molar-refractivity contribution in [3.63, 3.8) is 0 Å². The standard InChI is InChI=1S/C19H22ClN3O3/c1-13-5-3-6-17(14(13)2)25-9-4-10-26-18-8-7-16(20)11-15(18)12-22-23-19(21)24/h3,5-8,11-12H,4,9-10H2,1-2H3,(H3,21,23,24)/b22-12-. The molecule has 0 unspecified atom stereocenters. The van der Waals surface area contributed by atoms with Crippen molar-refractivity contribution >= 4 is 23.8 Å². The molecule has 3 N–H and O–H groups in total. The summed E-state index contributed by atoms with van der Waals surface area (Å²) in [6.07, 6.45) is 2.14. The molecule has 0 bridgehead atoms. The molecule has 7 heteroatoms. The van der Waals surface area contributed by atoms with Crippen LogP contribution in [0.25, 0.3) is 0 Å². The van der Waals surface area contributed by atoms with Crippen molar-refractivity contribution in [2.45, 2.75) is 20.3 Å². The van der Waals surface area contributed by atoms with Crippen molar-refractivity contribution in [2.24, 2.45) is 10.8 Å². The van der Waals surface area contributed by atoms with Crippen LogP contribution in [0.5, 0.6) is 11.5 Å². The summed E-state index contributed by atoms with van der Waals surface area (Å²) in [5.74, 6) is 1.50. The van der Waals surface area contributed by atoms with Crippen LogP contribution in [0.2, 0.25) is 5.02 Å². The number of hydrogen-bond donors (Lipinski definition) is 2. The lowest BCUT2D eigenvalue weighted by molar-refractivity contribution is 0.246. The second-order valence-corrected chi connectivity index (χ2v) is 6.10. The summed E-state index contributed by atoms with van der Waals surface area (Å²) in [6.45, 7) is 5.11. The Hall–Kier alpha value is -2.73. The third-order valence-corrected chi connectivity index (χ3v) is 3.94. The molecule has 0 aliphatic carbocycles. The maximum absolute atomic E-state index is 10.7. The van der Waals surface area contributed by atoms with E-state index < -0.39 is 6.03 Å². The summed E-state index contributed by atoms with van der Waals surface area (Å²) in [5.41, 5.74) is 10.1. The Morgan fingerprint density at radius 1 is 1.19 bits per heavy atom. The zero-order chi connectivity index (χ0) is 18.9. The summed E-state index contributed by atoms with van der Waals surface area (Å²) >= 11 is 5.99. The van der Waals surface area contributed by atoms with Crippen molar-refractivity contribution < 1.29 is 14.3 Å². The molecule has 0 saturated heterocycles. The van der Waals surface area contributed by atoms with E-state index in [1.807, 2.05) is 19.1 Å². The van der Waals surface area contributed by atoms with Crippen LogP contribution in [-0.4, -0.2) is 25.5 Å². The average Bonchev–Trinajstić information content (AvgIpc) is 2.59. The monoisotopic (exact) mass is 375 g/mol. The quantitative estimate of drug-likeness (QED) is 0.418. The molecule has 2 amide bonds. The minimum atomic E-state index is -0.741. The van der Waals surface area contributed by atoms with Gasteiger partial charge in [0.25, 0.3) is 0 Å². The lowest BCUT2D eigenvalue weighted by Crippen LogP contribution is -2.24. The first-order valence-corrected chi connectivity index (χ1v) is 8.55. The molecule has 0 fully saturated rings. The number of urea groups is 1. The van der Waals surface area contributed by atoms with E-state index in [-0.39, 0.29) is 0 Å². The molecule has 0 spiro atoms. The van der Waals surface area contributed by atoms with Gasteiger partial charge in [0.15, 0.2) is 0 Å². The highest BCUT2D eigenvalue weighted by atomic mass is 35.5. The van der Waals surface area contributed by atoms with E-state index in [1.165, 1.54) is 11.8 Å². The van der Waals surface area contributed by atoms with Crippen LogP contribution in [0.1, 0.15) is 23.1 Å². The molecule has 6 nitrogen and oxygen atoms in total. The molecule has 26 heavy (non-hydrogen) atoms. The number of carbonyl (C=O) groups excluding carboxylic acids is 1. The summed E-state index contributed by atoms with van der Waals surface area (Å²) in [5, 5.41) is 4.27. The Balaban J connectivity index is 1.86. The number of benzene rings is 2. The molecule has 2 aromatic carbocycles. The SMILES string of the molecule is Cc1cccc(OCCCOc2ccc(Cl)cc2/C=N\NC(N)=O)c1C. The van der Waals surface area contributed by atoms with Crippen molar-refractivity contribution in [3.05, 3.63) is 58.1 Å². The van der Waals surface area contributed by atoms with Gasteiger partial charge < -0.3 is 15.2 Å². The van der Waals surface area contributed by atoms with Crippen LogP contribution in [0.4, 0.5) is 4.79 Å². The molecule has 0 radical (unpaired) electrons. The largest absolute Gasteiger partial charge is 0.493 e. The Labute approximate surface area is 157 Å². The predicted octanol–water partition coefficient (Wildman–Crippen LogP) is 3.81. The highest BCUT2D eigenvalue weighted by Gasteiger charge is 2.05. The van der Waals surface area contributed by atoms with Gasteiger partial charge >= 0.3 is 6.03 Å². The minimum Gasteiger partial charge on any atom is -0.493 e. The summed E-state index contributed by atoms with van der Waals surface area (Å²) < 4.78 is 11.6. The van der Waals surface area contributed by atoms with Crippen molar-refractivity contribution in [1.29, 1.82) is 0 Å². The number of ether oxygens (including phenoxy) is 2. The molecule has 2 aromatic rings. The van der Waals surface area contributed by atoms with E-state index in [9.17, 15) is 4.79 Å². The highest BCUT2D eigenvalue weighted by molar-refractivity contribution is 6.30. The van der Waals surface area contributed by atoms with E-state index in [4.69, 9.17) is 26.8 Å².